The predicted octanol–water partition coefficient (Wildman–Crippen LogP) is 1.95. The molecule has 0 atom stereocenters. The van der Waals surface area contributed by atoms with Gasteiger partial charge in [-0.3, -0.25) is 0 Å². The fraction of sp³-hybridized carbons (Fsp3) is 0.111. The molecule has 1 aromatic carbocycles. The van der Waals surface area contributed by atoms with E-state index in [1.807, 2.05) is 0 Å². The summed E-state index contributed by atoms with van der Waals surface area (Å²) >= 11 is 3.09. The Kier molecular flexibility index (Phi) is 2.86. The zero-order chi connectivity index (χ0) is 11.7. The van der Waals surface area contributed by atoms with E-state index in [2.05, 4.69) is 26.0 Å². The van der Waals surface area contributed by atoms with Gasteiger partial charge in [-0.25, -0.2) is 13.5 Å². The maximum absolute atomic E-state index is 13.3. The minimum atomic E-state index is -0.624. The Labute approximate surface area is 98.2 Å². The van der Waals surface area contributed by atoms with Crippen molar-refractivity contribution in [1.82, 2.24) is 14.8 Å². The van der Waals surface area contributed by atoms with E-state index >= 15 is 0 Å². The van der Waals surface area contributed by atoms with Gasteiger partial charge < -0.3 is 5.73 Å². The van der Waals surface area contributed by atoms with Gasteiger partial charge in [0.15, 0.2) is 4.73 Å². The van der Waals surface area contributed by atoms with Crippen molar-refractivity contribution in [3.8, 4) is 0 Å². The number of anilines is 1. The lowest BCUT2D eigenvalue weighted by atomic mass is 10.2. The predicted molar refractivity (Wildman–Crippen MR) is 57.6 cm³/mol. The van der Waals surface area contributed by atoms with Crippen LogP contribution in [-0.4, -0.2) is 14.8 Å². The van der Waals surface area contributed by atoms with Crippen LogP contribution in [-0.2, 0) is 6.54 Å². The maximum Gasteiger partial charge on any atom is 0.240 e. The Morgan fingerprint density at radius 2 is 1.94 bits per heavy atom. The molecule has 0 radical (unpaired) electrons. The molecule has 16 heavy (non-hydrogen) atoms. The second-order valence-corrected chi connectivity index (χ2v) is 3.81. The second-order valence-electron chi connectivity index (χ2n) is 3.10. The summed E-state index contributed by atoms with van der Waals surface area (Å²) in [6.45, 7) is -0.0662. The van der Waals surface area contributed by atoms with Gasteiger partial charge in [-0.1, -0.05) is 6.07 Å². The van der Waals surface area contributed by atoms with Crippen molar-refractivity contribution in [3.63, 3.8) is 0 Å². The SMILES string of the molecule is Nc1nc(Br)n(Cc2c(F)cccc2F)n1. The van der Waals surface area contributed by atoms with Crippen LogP contribution >= 0.6 is 15.9 Å². The number of nitrogen functional groups attached to an aromatic ring is 1. The minimum absolute atomic E-state index is 0.0450. The van der Waals surface area contributed by atoms with Crippen LogP contribution in [0.2, 0.25) is 0 Å². The molecule has 0 unspecified atom stereocenters. The minimum Gasteiger partial charge on any atom is -0.366 e. The lowest BCUT2D eigenvalue weighted by Crippen LogP contribution is -2.06. The summed E-state index contributed by atoms with van der Waals surface area (Å²) in [6, 6.07) is 3.68. The smallest absolute Gasteiger partial charge is 0.240 e. The second kappa shape index (κ2) is 4.17. The van der Waals surface area contributed by atoms with Crippen LogP contribution in [0.15, 0.2) is 22.9 Å². The van der Waals surface area contributed by atoms with Gasteiger partial charge >= 0.3 is 0 Å². The van der Waals surface area contributed by atoms with Crippen LogP contribution in [0, 0.1) is 11.6 Å². The van der Waals surface area contributed by atoms with Gasteiger partial charge in [0.05, 0.1) is 6.54 Å². The van der Waals surface area contributed by atoms with Crippen molar-refractivity contribution in [2.24, 2.45) is 0 Å². The Balaban J connectivity index is 2.37. The summed E-state index contributed by atoms with van der Waals surface area (Å²) in [5.41, 5.74) is 5.27. The van der Waals surface area contributed by atoms with E-state index in [1.54, 1.807) is 0 Å². The fourth-order valence-electron chi connectivity index (χ4n) is 1.27. The number of benzene rings is 1. The summed E-state index contributed by atoms with van der Waals surface area (Å²) in [5.74, 6) is -1.20. The number of aromatic nitrogens is 3. The van der Waals surface area contributed by atoms with Gasteiger partial charge in [0.1, 0.15) is 11.6 Å². The van der Waals surface area contributed by atoms with E-state index in [0.29, 0.717) is 4.73 Å². The van der Waals surface area contributed by atoms with Crippen LogP contribution in [0.25, 0.3) is 0 Å². The monoisotopic (exact) mass is 288 g/mol. The van der Waals surface area contributed by atoms with Crippen molar-refractivity contribution in [2.45, 2.75) is 6.54 Å². The van der Waals surface area contributed by atoms with E-state index < -0.39 is 11.6 Å². The number of nitrogens with two attached hydrogens (primary N) is 1. The molecular weight excluding hydrogens is 282 g/mol. The molecular formula is C9H7BrF2N4. The van der Waals surface area contributed by atoms with Crippen LogP contribution in [0.5, 0.6) is 0 Å². The third-order valence-electron chi connectivity index (χ3n) is 2.01. The van der Waals surface area contributed by atoms with Gasteiger partial charge in [-0.2, -0.15) is 4.98 Å². The summed E-state index contributed by atoms with van der Waals surface area (Å²) in [6.07, 6.45) is 0. The van der Waals surface area contributed by atoms with Crippen molar-refractivity contribution < 1.29 is 8.78 Å². The molecule has 7 heteroatoms. The largest absolute Gasteiger partial charge is 0.366 e. The van der Waals surface area contributed by atoms with Gasteiger partial charge in [-0.05, 0) is 28.1 Å². The van der Waals surface area contributed by atoms with E-state index in [9.17, 15) is 8.78 Å². The van der Waals surface area contributed by atoms with Crippen LogP contribution < -0.4 is 5.73 Å². The Morgan fingerprint density at radius 1 is 1.31 bits per heavy atom. The van der Waals surface area contributed by atoms with Gasteiger partial charge in [0, 0.05) is 5.56 Å². The summed E-state index contributed by atoms with van der Waals surface area (Å²) in [5, 5.41) is 3.79. The zero-order valence-corrected chi connectivity index (χ0v) is 9.58. The van der Waals surface area contributed by atoms with E-state index in [0.717, 1.165) is 0 Å². The highest BCUT2D eigenvalue weighted by molar-refractivity contribution is 9.10. The first-order valence-corrected chi connectivity index (χ1v) is 5.16. The first-order chi connectivity index (χ1) is 7.58. The van der Waals surface area contributed by atoms with Crippen molar-refractivity contribution in [3.05, 3.63) is 40.1 Å². The van der Waals surface area contributed by atoms with Gasteiger partial charge in [0.25, 0.3) is 0 Å². The molecule has 0 bridgehead atoms. The molecule has 0 saturated carbocycles. The highest BCUT2D eigenvalue weighted by Crippen LogP contribution is 2.16. The van der Waals surface area contributed by atoms with Crippen molar-refractivity contribution >= 4 is 21.9 Å². The van der Waals surface area contributed by atoms with Crippen molar-refractivity contribution in [1.29, 1.82) is 0 Å². The molecule has 2 rings (SSSR count). The molecule has 0 spiro atoms. The van der Waals surface area contributed by atoms with E-state index in [1.165, 1.54) is 22.9 Å². The molecule has 0 saturated heterocycles. The van der Waals surface area contributed by atoms with Crippen LogP contribution in [0.4, 0.5) is 14.7 Å². The van der Waals surface area contributed by atoms with Crippen molar-refractivity contribution in [2.75, 3.05) is 5.73 Å². The molecule has 1 heterocycles. The number of nitrogens with zero attached hydrogens (tertiary/aromatic N) is 3. The van der Waals surface area contributed by atoms with Gasteiger partial charge in [0.2, 0.25) is 5.95 Å². The van der Waals surface area contributed by atoms with E-state index in [4.69, 9.17) is 5.73 Å². The average Bonchev–Trinajstić information content (AvgIpc) is 2.51. The van der Waals surface area contributed by atoms with E-state index in [-0.39, 0.29) is 18.1 Å². The maximum atomic E-state index is 13.3. The third-order valence-corrected chi connectivity index (χ3v) is 2.60. The number of rotatable bonds is 2. The molecule has 2 aromatic rings. The number of hydrogen-bond acceptors (Lipinski definition) is 3. The highest BCUT2D eigenvalue weighted by Gasteiger charge is 2.12. The molecule has 4 nitrogen and oxygen atoms in total. The first kappa shape index (κ1) is 11.0. The Hall–Kier alpha value is -1.50. The van der Waals surface area contributed by atoms with Crippen LogP contribution in [0.1, 0.15) is 5.56 Å². The number of hydrogen-bond donors (Lipinski definition) is 1. The zero-order valence-electron chi connectivity index (χ0n) is 7.99. The normalized spacial score (nSPS) is 10.7. The molecule has 0 aliphatic heterocycles. The molecule has 2 N–H and O–H groups in total. The summed E-state index contributed by atoms with van der Waals surface area (Å²) in [4.78, 5) is 3.77. The highest BCUT2D eigenvalue weighted by atomic mass is 79.9. The average molecular weight is 289 g/mol. The van der Waals surface area contributed by atoms with Gasteiger partial charge in [-0.15, -0.1) is 5.10 Å². The molecule has 0 fully saturated rings. The topological polar surface area (TPSA) is 56.7 Å². The Morgan fingerprint density at radius 3 is 2.44 bits per heavy atom. The first-order valence-electron chi connectivity index (χ1n) is 4.36. The molecule has 0 amide bonds. The fourth-order valence-corrected chi connectivity index (χ4v) is 1.66. The summed E-state index contributed by atoms with van der Waals surface area (Å²) in [7, 11) is 0. The molecule has 84 valence electrons. The standard InChI is InChI=1S/C9H7BrF2N4/c10-8-14-9(13)15-16(8)4-5-6(11)2-1-3-7(5)12/h1-3H,4H2,(H2,13,15). The quantitative estimate of drug-likeness (QED) is 0.919. The summed E-state index contributed by atoms with van der Waals surface area (Å²) < 4.78 is 28.3. The molecule has 1 aromatic heterocycles. The van der Waals surface area contributed by atoms with Crippen LogP contribution in [0.3, 0.4) is 0 Å². The molecule has 0 aliphatic rings. The Bertz CT molecular complexity index is 506. The lowest BCUT2D eigenvalue weighted by Gasteiger charge is -2.05. The lowest BCUT2D eigenvalue weighted by molar-refractivity contribution is 0.530. The third kappa shape index (κ3) is 2.04. The number of halogens is 3. The molecule has 0 aliphatic carbocycles.